The second-order valence-electron chi connectivity index (χ2n) is 4.95. The van der Waals surface area contributed by atoms with Crippen LogP contribution in [0.1, 0.15) is 31.7 Å². The van der Waals surface area contributed by atoms with Crippen LogP contribution in [-0.2, 0) is 9.59 Å². The first-order valence-corrected chi connectivity index (χ1v) is 7.02. The predicted molar refractivity (Wildman–Crippen MR) is 78.9 cm³/mol. The Morgan fingerprint density at radius 1 is 1.25 bits per heavy atom. The molecule has 1 aliphatic rings. The van der Waals surface area contributed by atoms with Crippen LogP contribution in [-0.4, -0.2) is 24.4 Å². The van der Waals surface area contributed by atoms with Gasteiger partial charge in [0.2, 0.25) is 11.8 Å². The number of hydrogen-bond acceptors (Lipinski definition) is 2. The van der Waals surface area contributed by atoms with Crippen LogP contribution in [0.15, 0.2) is 36.4 Å². The molecular weight excluding hydrogens is 252 g/mol. The molecule has 0 aliphatic heterocycles. The van der Waals surface area contributed by atoms with Crippen LogP contribution in [0.5, 0.6) is 0 Å². The smallest absolute Gasteiger partial charge is 0.244 e. The predicted octanol–water partition coefficient (Wildman–Crippen LogP) is 1.87. The lowest BCUT2D eigenvalue weighted by molar-refractivity contribution is -0.124. The Labute approximate surface area is 119 Å². The van der Waals surface area contributed by atoms with Gasteiger partial charge in [0.1, 0.15) is 0 Å². The fraction of sp³-hybridized carbons (Fsp3) is 0.375. The first-order valence-electron chi connectivity index (χ1n) is 7.02. The van der Waals surface area contributed by atoms with Crippen molar-refractivity contribution in [2.45, 2.75) is 32.2 Å². The number of benzene rings is 1. The molecule has 0 spiro atoms. The third kappa shape index (κ3) is 4.53. The Balaban J connectivity index is 1.87. The van der Waals surface area contributed by atoms with Crippen LogP contribution in [0.2, 0.25) is 0 Å². The molecule has 0 aromatic heterocycles. The maximum absolute atomic E-state index is 11.8. The molecule has 0 heterocycles. The Bertz CT molecular complexity index is 504. The van der Waals surface area contributed by atoms with Crippen LogP contribution in [0.4, 0.5) is 0 Å². The maximum atomic E-state index is 11.8. The molecule has 4 nitrogen and oxygen atoms in total. The fourth-order valence-corrected chi connectivity index (χ4v) is 1.92. The first kappa shape index (κ1) is 14.3. The Morgan fingerprint density at radius 2 is 1.95 bits per heavy atom. The number of nitrogens with one attached hydrogen (secondary N) is 2. The molecule has 0 saturated heterocycles. The van der Waals surface area contributed by atoms with Crippen molar-refractivity contribution in [3.8, 4) is 0 Å². The first-order chi connectivity index (χ1) is 9.69. The number of carbonyl (C=O) groups is 2. The summed E-state index contributed by atoms with van der Waals surface area (Å²) in [4.78, 5) is 23.3. The van der Waals surface area contributed by atoms with Crippen LogP contribution < -0.4 is 10.6 Å². The van der Waals surface area contributed by atoms with Crippen molar-refractivity contribution >= 4 is 17.4 Å². The average Bonchev–Trinajstić information content (AvgIpc) is 3.27. The SMILES string of the molecule is CC/C(=C\C(=O)NCC(=O)NC1CC1)c1ccccc1. The molecule has 106 valence electrons. The van der Waals surface area contributed by atoms with E-state index in [1.807, 2.05) is 37.3 Å². The molecule has 1 aromatic carbocycles. The third-order valence-electron chi connectivity index (χ3n) is 3.20. The molecule has 1 saturated carbocycles. The summed E-state index contributed by atoms with van der Waals surface area (Å²) in [7, 11) is 0. The van der Waals surface area contributed by atoms with Gasteiger partial charge in [-0.25, -0.2) is 0 Å². The highest BCUT2D eigenvalue weighted by molar-refractivity contribution is 5.97. The topological polar surface area (TPSA) is 58.2 Å². The molecule has 0 atom stereocenters. The Morgan fingerprint density at radius 3 is 2.55 bits per heavy atom. The van der Waals surface area contributed by atoms with Crippen molar-refractivity contribution in [2.75, 3.05) is 6.54 Å². The van der Waals surface area contributed by atoms with Gasteiger partial charge < -0.3 is 10.6 Å². The minimum atomic E-state index is -0.225. The molecule has 0 bridgehead atoms. The van der Waals surface area contributed by atoms with Gasteiger partial charge >= 0.3 is 0 Å². The summed E-state index contributed by atoms with van der Waals surface area (Å²) in [5.74, 6) is -0.344. The molecular formula is C16H20N2O2. The average molecular weight is 272 g/mol. The molecule has 1 aromatic rings. The zero-order valence-electron chi connectivity index (χ0n) is 11.7. The van der Waals surface area contributed by atoms with Crippen molar-refractivity contribution < 1.29 is 9.59 Å². The van der Waals surface area contributed by atoms with Gasteiger partial charge in [-0.1, -0.05) is 37.3 Å². The highest BCUT2D eigenvalue weighted by atomic mass is 16.2. The van der Waals surface area contributed by atoms with E-state index >= 15 is 0 Å². The summed E-state index contributed by atoms with van der Waals surface area (Å²) in [5.41, 5.74) is 2.00. The van der Waals surface area contributed by atoms with Gasteiger partial charge in [0.05, 0.1) is 6.54 Å². The second-order valence-corrected chi connectivity index (χ2v) is 4.95. The van der Waals surface area contributed by atoms with Crippen molar-refractivity contribution in [1.29, 1.82) is 0 Å². The van der Waals surface area contributed by atoms with Crippen molar-refractivity contribution in [1.82, 2.24) is 10.6 Å². The summed E-state index contributed by atoms with van der Waals surface area (Å²) < 4.78 is 0. The molecule has 1 fully saturated rings. The molecule has 2 amide bonds. The second kappa shape index (κ2) is 6.89. The summed E-state index contributed by atoms with van der Waals surface area (Å²) in [6, 6.07) is 10.1. The lowest BCUT2D eigenvalue weighted by Gasteiger charge is -2.06. The monoisotopic (exact) mass is 272 g/mol. The van der Waals surface area contributed by atoms with E-state index in [0.29, 0.717) is 6.04 Å². The van der Waals surface area contributed by atoms with Crippen LogP contribution in [0.25, 0.3) is 5.57 Å². The molecule has 2 rings (SSSR count). The number of hydrogen-bond donors (Lipinski definition) is 2. The normalized spacial score (nSPS) is 14.8. The fourth-order valence-electron chi connectivity index (χ4n) is 1.92. The van der Waals surface area contributed by atoms with E-state index in [9.17, 15) is 9.59 Å². The van der Waals surface area contributed by atoms with Gasteiger partial charge in [-0.3, -0.25) is 9.59 Å². The van der Waals surface area contributed by atoms with Crippen molar-refractivity contribution in [3.05, 3.63) is 42.0 Å². The number of allylic oxidation sites excluding steroid dienone is 1. The van der Waals surface area contributed by atoms with Gasteiger partial charge in [0.25, 0.3) is 0 Å². The summed E-state index contributed by atoms with van der Waals surface area (Å²) >= 11 is 0. The van der Waals surface area contributed by atoms with E-state index in [-0.39, 0.29) is 18.4 Å². The summed E-state index contributed by atoms with van der Waals surface area (Å²) in [6.45, 7) is 2.05. The third-order valence-corrected chi connectivity index (χ3v) is 3.20. The molecule has 20 heavy (non-hydrogen) atoms. The van der Waals surface area contributed by atoms with Gasteiger partial charge in [-0.05, 0) is 30.4 Å². The Kier molecular flexibility index (Phi) is 4.93. The number of amides is 2. The molecule has 2 N–H and O–H groups in total. The number of carbonyl (C=O) groups excluding carboxylic acids is 2. The van der Waals surface area contributed by atoms with Crippen molar-refractivity contribution in [3.63, 3.8) is 0 Å². The zero-order chi connectivity index (χ0) is 14.4. The van der Waals surface area contributed by atoms with Crippen LogP contribution in [0, 0.1) is 0 Å². The summed E-state index contributed by atoms with van der Waals surface area (Å²) in [6.07, 6.45) is 4.44. The minimum Gasteiger partial charge on any atom is -0.352 e. The van der Waals surface area contributed by atoms with E-state index < -0.39 is 0 Å². The Hall–Kier alpha value is -2.10. The lowest BCUT2D eigenvalue weighted by Crippen LogP contribution is -2.37. The van der Waals surface area contributed by atoms with Gasteiger partial charge in [0.15, 0.2) is 0 Å². The standard InChI is InChI=1S/C16H20N2O2/c1-2-12(13-6-4-3-5-7-13)10-15(19)17-11-16(20)18-14-8-9-14/h3-7,10,14H,2,8-9,11H2,1H3,(H,17,19)(H,18,20)/b12-10+. The van der Waals surface area contributed by atoms with Gasteiger partial charge in [0, 0.05) is 12.1 Å². The molecule has 0 radical (unpaired) electrons. The van der Waals surface area contributed by atoms with E-state index in [1.54, 1.807) is 6.08 Å². The minimum absolute atomic E-state index is 0.0393. The highest BCUT2D eigenvalue weighted by Gasteiger charge is 2.22. The van der Waals surface area contributed by atoms with Crippen molar-refractivity contribution in [2.24, 2.45) is 0 Å². The zero-order valence-corrected chi connectivity index (χ0v) is 11.7. The molecule has 1 aliphatic carbocycles. The van der Waals surface area contributed by atoms with E-state index in [4.69, 9.17) is 0 Å². The summed E-state index contributed by atoms with van der Waals surface area (Å²) in [5, 5.41) is 5.46. The van der Waals surface area contributed by atoms with E-state index in [1.165, 1.54) is 0 Å². The van der Waals surface area contributed by atoms with E-state index in [0.717, 1.165) is 30.4 Å². The maximum Gasteiger partial charge on any atom is 0.244 e. The van der Waals surface area contributed by atoms with Crippen LogP contribution >= 0.6 is 0 Å². The molecule has 0 unspecified atom stereocenters. The quantitative estimate of drug-likeness (QED) is 0.777. The van der Waals surface area contributed by atoms with Gasteiger partial charge in [-0.2, -0.15) is 0 Å². The van der Waals surface area contributed by atoms with Crippen LogP contribution in [0.3, 0.4) is 0 Å². The largest absolute Gasteiger partial charge is 0.352 e. The van der Waals surface area contributed by atoms with E-state index in [2.05, 4.69) is 10.6 Å². The highest BCUT2D eigenvalue weighted by Crippen LogP contribution is 2.18. The number of rotatable bonds is 6. The van der Waals surface area contributed by atoms with Gasteiger partial charge in [-0.15, -0.1) is 0 Å². The molecule has 4 heteroatoms. The lowest BCUT2D eigenvalue weighted by atomic mass is 10.0.